The number of nitrogens with one attached hydrogen (secondary N) is 1. The fourth-order valence-electron chi connectivity index (χ4n) is 2.51. The maximum Gasteiger partial charge on any atom is 0.234 e. The van der Waals surface area contributed by atoms with E-state index in [2.05, 4.69) is 10.2 Å². The van der Waals surface area contributed by atoms with Crippen LogP contribution in [0.1, 0.15) is 12.2 Å². The van der Waals surface area contributed by atoms with Gasteiger partial charge in [0.1, 0.15) is 5.76 Å². The van der Waals surface area contributed by atoms with Crippen LogP contribution in [0.3, 0.4) is 0 Å². The molecule has 1 amide bonds. The molecule has 1 aromatic heterocycles. The van der Waals surface area contributed by atoms with Crippen molar-refractivity contribution in [3.05, 3.63) is 24.2 Å². The van der Waals surface area contributed by atoms with Crippen molar-refractivity contribution in [1.29, 1.82) is 0 Å². The molecule has 6 heteroatoms. The zero-order chi connectivity index (χ0) is 14.4. The third-order valence-electron chi connectivity index (χ3n) is 3.57. The van der Waals surface area contributed by atoms with Crippen LogP contribution in [-0.4, -0.2) is 56.9 Å². The summed E-state index contributed by atoms with van der Waals surface area (Å²) in [5.41, 5.74) is 0. The summed E-state index contributed by atoms with van der Waals surface area (Å²) in [7, 11) is 3.38. The molecule has 112 valence electrons. The highest BCUT2D eigenvalue weighted by Crippen LogP contribution is 2.19. The van der Waals surface area contributed by atoms with Crippen molar-refractivity contribution < 1.29 is 18.7 Å². The predicted molar refractivity (Wildman–Crippen MR) is 73.2 cm³/mol. The Bertz CT molecular complexity index is 407. The van der Waals surface area contributed by atoms with Gasteiger partial charge in [-0.3, -0.25) is 9.69 Å². The lowest BCUT2D eigenvalue weighted by Gasteiger charge is -2.22. The summed E-state index contributed by atoms with van der Waals surface area (Å²) in [6.07, 6.45) is 2.67. The third kappa shape index (κ3) is 4.06. The molecule has 1 aliphatic heterocycles. The molecule has 2 heterocycles. The summed E-state index contributed by atoms with van der Waals surface area (Å²) in [6, 6.07) is 3.88. The normalized spacial score (nSPS) is 23.1. The fraction of sp³-hybridized carbons (Fsp3) is 0.643. The van der Waals surface area contributed by atoms with Crippen LogP contribution in [0.15, 0.2) is 22.8 Å². The summed E-state index contributed by atoms with van der Waals surface area (Å²) >= 11 is 0. The fourth-order valence-corrected chi connectivity index (χ4v) is 2.51. The number of hydrogen-bond acceptors (Lipinski definition) is 5. The molecule has 6 nitrogen and oxygen atoms in total. The van der Waals surface area contributed by atoms with Crippen molar-refractivity contribution in [3.8, 4) is 0 Å². The highest BCUT2D eigenvalue weighted by Gasteiger charge is 2.33. The molecule has 0 spiro atoms. The van der Waals surface area contributed by atoms with Crippen molar-refractivity contribution >= 4 is 5.91 Å². The maximum absolute atomic E-state index is 12.0. The zero-order valence-electron chi connectivity index (χ0n) is 12.0. The van der Waals surface area contributed by atoms with E-state index in [0.29, 0.717) is 19.7 Å². The van der Waals surface area contributed by atoms with Gasteiger partial charge in [0.05, 0.1) is 32.1 Å². The molecule has 0 aromatic carbocycles. The first-order valence-corrected chi connectivity index (χ1v) is 6.77. The average Bonchev–Trinajstić information content (AvgIpc) is 3.07. The number of methoxy groups -OCH3 is 2. The van der Waals surface area contributed by atoms with Crippen molar-refractivity contribution in [1.82, 2.24) is 10.2 Å². The summed E-state index contributed by atoms with van der Waals surface area (Å²) in [4.78, 5) is 14.1. The Morgan fingerprint density at radius 3 is 3.05 bits per heavy atom. The molecular formula is C14H22N2O4. The predicted octanol–water partition coefficient (Wildman–Crippen LogP) is 0.632. The Hall–Kier alpha value is -1.37. The van der Waals surface area contributed by atoms with Crippen LogP contribution < -0.4 is 5.32 Å². The van der Waals surface area contributed by atoms with Crippen LogP contribution in [0.4, 0.5) is 0 Å². The summed E-state index contributed by atoms with van der Waals surface area (Å²) in [5, 5.41) is 2.85. The van der Waals surface area contributed by atoms with Gasteiger partial charge in [0.25, 0.3) is 0 Å². The van der Waals surface area contributed by atoms with Gasteiger partial charge < -0.3 is 19.2 Å². The SMILES string of the molecule is COC[C@@H]1C[C@H](OC)CN1CC(=O)NCc1ccco1. The van der Waals surface area contributed by atoms with E-state index in [-0.39, 0.29) is 18.1 Å². The minimum atomic E-state index is -0.0146. The summed E-state index contributed by atoms with van der Waals surface area (Å²) in [6.45, 7) is 2.15. The molecule has 1 aliphatic rings. The monoisotopic (exact) mass is 282 g/mol. The van der Waals surface area contributed by atoms with Crippen LogP contribution in [-0.2, 0) is 20.8 Å². The number of hydrogen-bond donors (Lipinski definition) is 1. The van der Waals surface area contributed by atoms with Crippen LogP contribution in [0.2, 0.25) is 0 Å². The Morgan fingerprint density at radius 2 is 2.40 bits per heavy atom. The van der Waals surface area contributed by atoms with E-state index in [4.69, 9.17) is 13.9 Å². The summed E-state index contributed by atoms with van der Waals surface area (Å²) in [5.74, 6) is 0.738. The quantitative estimate of drug-likeness (QED) is 0.795. The smallest absolute Gasteiger partial charge is 0.234 e. The lowest BCUT2D eigenvalue weighted by Crippen LogP contribution is -2.41. The zero-order valence-corrected chi connectivity index (χ0v) is 12.0. The van der Waals surface area contributed by atoms with Crippen molar-refractivity contribution in [3.63, 3.8) is 0 Å². The molecule has 1 N–H and O–H groups in total. The van der Waals surface area contributed by atoms with E-state index >= 15 is 0 Å². The molecule has 1 aromatic rings. The lowest BCUT2D eigenvalue weighted by atomic mass is 10.2. The van der Waals surface area contributed by atoms with Gasteiger partial charge in [0, 0.05) is 26.8 Å². The van der Waals surface area contributed by atoms with Gasteiger partial charge in [0.2, 0.25) is 5.91 Å². The van der Waals surface area contributed by atoms with Gasteiger partial charge in [-0.1, -0.05) is 0 Å². The molecule has 0 saturated carbocycles. The standard InChI is InChI=1S/C14H22N2O4/c1-18-10-11-6-13(19-2)8-16(11)9-14(17)15-7-12-4-3-5-20-12/h3-5,11,13H,6-10H2,1-2H3,(H,15,17)/t11-,13-/m0/s1. The van der Waals surface area contributed by atoms with Crippen LogP contribution in [0, 0.1) is 0 Å². The van der Waals surface area contributed by atoms with E-state index in [9.17, 15) is 4.79 Å². The lowest BCUT2D eigenvalue weighted by molar-refractivity contribution is -0.123. The van der Waals surface area contributed by atoms with Gasteiger partial charge in [0.15, 0.2) is 0 Å². The molecule has 0 aliphatic carbocycles. The van der Waals surface area contributed by atoms with Crippen LogP contribution >= 0.6 is 0 Å². The van der Waals surface area contributed by atoms with Crippen LogP contribution in [0.25, 0.3) is 0 Å². The van der Waals surface area contributed by atoms with Gasteiger partial charge in [-0.25, -0.2) is 0 Å². The molecule has 2 rings (SSSR count). The first kappa shape index (κ1) is 15.0. The van der Waals surface area contributed by atoms with E-state index in [1.54, 1.807) is 26.5 Å². The molecule has 0 bridgehead atoms. The number of rotatable bonds is 7. The third-order valence-corrected chi connectivity index (χ3v) is 3.57. The number of amides is 1. The van der Waals surface area contributed by atoms with E-state index < -0.39 is 0 Å². The first-order valence-electron chi connectivity index (χ1n) is 6.77. The Labute approximate surface area is 119 Å². The van der Waals surface area contributed by atoms with Crippen LogP contribution in [0.5, 0.6) is 0 Å². The maximum atomic E-state index is 12.0. The number of carbonyl (C=O) groups is 1. The number of nitrogens with zero attached hydrogens (tertiary/aromatic N) is 1. The highest BCUT2D eigenvalue weighted by atomic mass is 16.5. The first-order chi connectivity index (χ1) is 9.72. The van der Waals surface area contributed by atoms with Crippen molar-refractivity contribution in [2.24, 2.45) is 0 Å². The number of carbonyl (C=O) groups excluding carboxylic acids is 1. The minimum absolute atomic E-state index is 0.0146. The molecule has 2 atom stereocenters. The van der Waals surface area contributed by atoms with E-state index in [0.717, 1.165) is 18.7 Å². The second-order valence-corrected chi connectivity index (χ2v) is 4.99. The van der Waals surface area contributed by atoms with E-state index in [1.165, 1.54) is 0 Å². The average molecular weight is 282 g/mol. The molecule has 0 radical (unpaired) electrons. The highest BCUT2D eigenvalue weighted by molar-refractivity contribution is 5.78. The van der Waals surface area contributed by atoms with Crippen molar-refractivity contribution in [2.45, 2.75) is 25.1 Å². The minimum Gasteiger partial charge on any atom is -0.467 e. The van der Waals surface area contributed by atoms with E-state index in [1.807, 2.05) is 6.07 Å². The topological polar surface area (TPSA) is 63.9 Å². The second-order valence-electron chi connectivity index (χ2n) is 4.99. The summed E-state index contributed by atoms with van der Waals surface area (Å²) < 4.78 is 15.8. The van der Waals surface area contributed by atoms with Gasteiger partial charge in [-0.05, 0) is 18.6 Å². The van der Waals surface area contributed by atoms with Gasteiger partial charge >= 0.3 is 0 Å². The Kier molecular flexibility index (Phi) is 5.58. The largest absolute Gasteiger partial charge is 0.467 e. The number of likely N-dealkylation sites (tertiary alicyclic amines) is 1. The molecule has 0 unspecified atom stereocenters. The molecule has 1 saturated heterocycles. The number of ether oxygens (including phenoxy) is 2. The van der Waals surface area contributed by atoms with Gasteiger partial charge in [-0.15, -0.1) is 0 Å². The van der Waals surface area contributed by atoms with Crippen molar-refractivity contribution in [2.75, 3.05) is 33.9 Å². The Morgan fingerprint density at radius 1 is 1.55 bits per heavy atom. The second kappa shape index (κ2) is 7.42. The molecule has 1 fully saturated rings. The Balaban J connectivity index is 1.79. The molecular weight excluding hydrogens is 260 g/mol. The number of furan rings is 1. The molecule has 20 heavy (non-hydrogen) atoms. The van der Waals surface area contributed by atoms with Gasteiger partial charge in [-0.2, -0.15) is 0 Å².